The Morgan fingerprint density at radius 2 is 1.93 bits per heavy atom. The predicted molar refractivity (Wildman–Crippen MR) is 57.5 cm³/mol. The number of unbranched alkanes of at least 4 members (excludes halogenated alkanes) is 1. The molecular formula is C12H18O2. The molecule has 0 fully saturated rings. The second-order valence-electron chi connectivity index (χ2n) is 3.45. The number of rotatable bonds is 5. The number of aliphatic hydroxyl groups is 1. The van der Waals surface area contributed by atoms with Gasteiger partial charge in [-0.3, -0.25) is 0 Å². The molecule has 1 rings (SSSR count). The molecular weight excluding hydrogens is 176 g/mol. The Morgan fingerprint density at radius 1 is 1.29 bits per heavy atom. The minimum atomic E-state index is -0.403. The topological polar surface area (TPSA) is 29.5 Å². The minimum absolute atomic E-state index is 0.403. The maximum atomic E-state index is 9.29. The van der Waals surface area contributed by atoms with Crippen LogP contribution in [0.2, 0.25) is 0 Å². The van der Waals surface area contributed by atoms with Crippen molar-refractivity contribution in [3.63, 3.8) is 0 Å². The first-order chi connectivity index (χ1) is 6.74. The lowest BCUT2D eigenvalue weighted by molar-refractivity contribution is 0.199. The van der Waals surface area contributed by atoms with Crippen LogP contribution in [0.15, 0.2) is 24.3 Å². The van der Waals surface area contributed by atoms with E-state index in [1.54, 1.807) is 6.92 Å². The van der Waals surface area contributed by atoms with Crippen molar-refractivity contribution in [1.82, 2.24) is 0 Å². The van der Waals surface area contributed by atoms with Gasteiger partial charge in [0, 0.05) is 0 Å². The average Bonchev–Trinajstić information content (AvgIpc) is 2.19. The molecule has 0 heterocycles. The lowest BCUT2D eigenvalue weighted by Crippen LogP contribution is -1.97. The third kappa shape index (κ3) is 3.38. The van der Waals surface area contributed by atoms with Crippen LogP contribution in [-0.2, 0) is 0 Å². The van der Waals surface area contributed by atoms with Gasteiger partial charge < -0.3 is 9.84 Å². The number of hydrogen-bond donors (Lipinski definition) is 1. The molecule has 0 saturated heterocycles. The molecule has 0 aliphatic carbocycles. The van der Waals surface area contributed by atoms with E-state index in [-0.39, 0.29) is 0 Å². The van der Waals surface area contributed by atoms with E-state index in [2.05, 4.69) is 6.92 Å². The van der Waals surface area contributed by atoms with Gasteiger partial charge in [0.2, 0.25) is 0 Å². The summed E-state index contributed by atoms with van der Waals surface area (Å²) in [6.45, 7) is 4.66. The van der Waals surface area contributed by atoms with E-state index in [9.17, 15) is 5.11 Å². The van der Waals surface area contributed by atoms with Crippen LogP contribution in [0.1, 0.15) is 38.4 Å². The largest absolute Gasteiger partial charge is 0.494 e. The fourth-order valence-corrected chi connectivity index (χ4v) is 1.18. The van der Waals surface area contributed by atoms with Crippen molar-refractivity contribution in [2.24, 2.45) is 0 Å². The predicted octanol–water partition coefficient (Wildman–Crippen LogP) is 2.92. The molecule has 0 spiro atoms. The molecule has 1 aromatic rings. The Kier molecular flexibility index (Phi) is 4.47. The van der Waals surface area contributed by atoms with Crippen LogP contribution in [0.5, 0.6) is 5.75 Å². The third-order valence-corrected chi connectivity index (χ3v) is 2.13. The molecule has 0 aliphatic heterocycles. The fourth-order valence-electron chi connectivity index (χ4n) is 1.18. The van der Waals surface area contributed by atoms with Crippen LogP contribution < -0.4 is 4.74 Å². The minimum Gasteiger partial charge on any atom is -0.494 e. The van der Waals surface area contributed by atoms with E-state index in [1.807, 2.05) is 24.3 Å². The first kappa shape index (κ1) is 11.1. The highest BCUT2D eigenvalue weighted by atomic mass is 16.5. The molecule has 0 saturated carbocycles. The van der Waals surface area contributed by atoms with E-state index in [4.69, 9.17) is 4.74 Å². The number of benzene rings is 1. The molecule has 2 heteroatoms. The summed E-state index contributed by atoms with van der Waals surface area (Å²) in [5.41, 5.74) is 0.924. The van der Waals surface area contributed by atoms with Gasteiger partial charge in [-0.05, 0) is 31.0 Å². The van der Waals surface area contributed by atoms with Crippen molar-refractivity contribution in [3.05, 3.63) is 29.8 Å². The van der Waals surface area contributed by atoms with E-state index in [0.717, 1.165) is 30.8 Å². The Hall–Kier alpha value is -1.02. The summed E-state index contributed by atoms with van der Waals surface area (Å²) in [5.74, 6) is 0.878. The van der Waals surface area contributed by atoms with E-state index < -0.39 is 6.10 Å². The first-order valence-corrected chi connectivity index (χ1v) is 5.15. The van der Waals surface area contributed by atoms with Gasteiger partial charge in [-0.1, -0.05) is 25.5 Å². The van der Waals surface area contributed by atoms with Crippen molar-refractivity contribution >= 4 is 0 Å². The van der Waals surface area contributed by atoms with Gasteiger partial charge in [0.15, 0.2) is 0 Å². The molecule has 0 aromatic heterocycles. The summed E-state index contributed by atoms with van der Waals surface area (Å²) in [6, 6.07) is 7.59. The summed E-state index contributed by atoms with van der Waals surface area (Å²) in [5, 5.41) is 9.29. The fraction of sp³-hybridized carbons (Fsp3) is 0.500. The molecule has 0 unspecified atom stereocenters. The summed E-state index contributed by atoms with van der Waals surface area (Å²) in [7, 11) is 0. The third-order valence-electron chi connectivity index (χ3n) is 2.13. The molecule has 0 aliphatic rings. The zero-order chi connectivity index (χ0) is 10.4. The molecule has 0 bridgehead atoms. The van der Waals surface area contributed by atoms with E-state index in [1.165, 1.54) is 0 Å². The zero-order valence-corrected chi connectivity index (χ0v) is 8.86. The van der Waals surface area contributed by atoms with Gasteiger partial charge in [0.1, 0.15) is 5.75 Å². The zero-order valence-electron chi connectivity index (χ0n) is 8.86. The summed E-state index contributed by atoms with van der Waals surface area (Å²) >= 11 is 0. The van der Waals surface area contributed by atoms with Gasteiger partial charge in [-0.2, -0.15) is 0 Å². The highest BCUT2D eigenvalue weighted by Crippen LogP contribution is 2.17. The quantitative estimate of drug-likeness (QED) is 0.730. The van der Waals surface area contributed by atoms with Crippen LogP contribution in [0.25, 0.3) is 0 Å². The molecule has 2 nitrogen and oxygen atoms in total. The Labute approximate surface area is 85.5 Å². The van der Waals surface area contributed by atoms with E-state index in [0.29, 0.717) is 0 Å². The highest BCUT2D eigenvalue weighted by molar-refractivity contribution is 5.28. The van der Waals surface area contributed by atoms with Gasteiger partial charge >= 0.3 is 0 Å². The maximum Gasteiger partial charge on any atom is 0.119 e. The average molecular weight is 194 g/mol. The highest BCUT2D eigenvalue weighted by Gasteiger charge is 1.99. The van der Waals surface area contributed by atoms with Gasteiger partial charge in [-0.25, -0.2) is 0 Å². The second-order valence-corrected chi connectivity index (χ2v) is 3.45. The molecule has 1 aromatic carbocycles. The molecule has 0 amide bonds. The summed E-state index contributed by atoms with van der Waals surface area (Å²) in [4.78, 5) is 0. The van der Waals surface area contributed by atoms with Crippen LogP contribution in [0, 0.1) is 0 Å². The summed E-state index contributed by atoms with van der Waals surface area (Å²) in [6.07, 6.45) is 1.82. The molecule has 1 atom stereocenters. The standard InChI is InChI=1S/C12H18O2/c1-3-4-9-14-12-7-5-11(6-8-12)10(2)13/h5-8,10,13H,3-4,9H2,1-2H3/t10-/m1/s1. The summed E-state index contributed by atoms with van der Waals surface area (Å²) < 4.78 is 5.50. The van der Waals surface area contributed by atoms with Crippen molar-refractivity contribution in [3.8, 4) is 5.75 Å². The van der Waals surface area contributed by atoms with Crippen molar-refractivity contribution in [2.45, 2.75) is 32.8 Å². The van der Waals surface area contributed by atoms with Crippen molar-refractivity contribution in [1.29, 1.82) is 0 Å². The number of ether oxygens (including phenoxy) is 1. The molecule has 1 N–H and O–H groups in total. The van der Waals surface area contributed by atoms with Crippen molar-refractivity contribution < 1.29 is 9.84 Å². The molecule has 14 heavy (non-hydrogen) atoms. The lowest BCUT2D eigenvalue weighted by atomic mass is 10.1. The van der Waals surface area contributed by atoms with Crippen LogP contribution in [0.4, 0.5) is 0 Å². The van der Waals surface area contributed by atoms with Gasteiger partial charge in [0.25, 0.3) is 0 Å². The smallest absolute Gasteiger partial charge is 0.119 e. The van der Waals surface area contributed by atoms with Gasteiger partial charge in [0.05, 0.1) is 12.7 Å². The van der Waals surface area contributed by atoms with Gasteiger partial charge in [-0.15, -0.1) is 0 Å². The number of aliphatic hydroxyl groups excluding tert-OH is 1. The SMILES string of the molecule is CCCCOc1ccc([C@@H](C)O)cc1. The van der Waals surface area contributed by atoms with E-state index >= 15 is 0 Å². The molecule has 0 radical (unpaired) electrons. The maximum absolute atomic E-state index is 9.29. The Morgan fingerprint density at radius 3 is 2.43 bits per heavy atom. The molecule has 78 valence electrons. The Balaban J connectivity index is 2.47. The second kappa shape index (κ2) is 5.66. The van der Waals surface area contributed by atoms with Crippen LogP contribution in [-0.4, -0.2) is 11.7 Å². The number of hydrogen-bond acceptors (Lipinski definition) is 2. The monoisotopic (exact) mass is 194 g/mol. The first-order valence-electron chi connectivity index (χ1n) is 5.15. The normalized spacial score (nSPS) is 12.5. The van der Waals surface area contributed by atoms with Crippen molar-refractivity contribution in [2.75, 3.05) is 6.61 Å². The lowest BCUT2D eigenvalue weighted by Gasteiger charge is -2.07. The Bertz CT molecular complexity index is 252. The van der Waals surface area contributed by atoms with Crippen LogP contribution in [0.3, 0.4) is 0 Å². The van der Waals surface area contributed by atoms with Crippen LogP contribution >= 0.6 is 0 Å².